The highest BCUT2D eigenvalue weighted by Gasteiger charge is 2.40. The summed E-state index contributed by atoms with van der Waals surface area (Å²) in [5, 5.41) is 8.57. The first kappa shape index (κ1) is 15.6. The van der Waals surface area contributed by atoms with E-state index in [4.69, 9.17) is 9.52 Å². The zero-order valence-corrected chi connectivity index (χ0v) is 13.4. The zero-order chi connectivity index (χ0) is 16.6. The first-order valence-corrected chi connectivity index (χ1v) is 8.78. The summed E-state index contributed by atoms with van der Waals surface area (Å²) in [6.45, 7) is 1.86. The fraction of sp³-hybridized carbons (Fsp3) is 0.312. The van der Waals surface area contributed by atoms with Crippen molar-refractivity contribution in [3.05, 3.63) is 48.2 Å². The molecule has 1 N–H and O–H groups in total. The number of furan rings is 1. The van der Waals surface area contributed by atoms with Crippen LogP contribution in [0.25, 0.3) is 0 Å². The average Bonchev–Trinajstić information content (AvgIpc) is 3.23. The summed E-state index contributed by atoms with van der Waals surface area (Å²) >= 11 is 0. The van der Waals surface area contributed by atoms with E-state index in [-0.39, 0.29) is 11.1 Å². The Balaban J connectivity index is 2.05. The lowest BCUT2D eigenvalue weighted by Crippen LogP contribution is -2.39. The van der Waals surface area contributed by atoms with Crippen molar-refractivity contribution in [2.75, 3.05) is 4.31 Å². The Kier molecular flexibility index (Phi) is 3.89. The molecule has 7 heteroatoms. The van der Waals surface area contributed by atoms with Crippen LogP contribution in [-0.2, 0) is 10.0 Å². The van der Waals surface area contributed by atoms with Crippen LogP contribution in [0.1, 0.15) is 30.3 Å². The lowest BCUT2D eigenvalue weighted by atomic mass is 10.2. The molecule has 0 saturated heterocycles. The number of hydrogen-bond donors (Lipinski definition) is 1. The van der Waals surface area contributed by atoms with Crippen molar-refractivity contribution in [2.45, 2.75) is 30.9 Å². The molecule has 1 saturated carbocycles. The molecule has 1 atom stereocenters. The average molecular weight is 335 g/mol. The van der Waals surface area contributed by atoms with Gasteiger partial charge in [0.2, 0.25) is 10.9 Å². The van der Waals surface area contributed by atoms with E-state index in [0.29, 0.717) is 11.6 Å². The molecule has 2 aromatic rings. The number of aromatic carboxylic acids is 1. The number of carboxylic acids is 1. The van der Waals surface area contributed by atoms with E-state index >= 15 is 0 Å². The van der Waals surface area contributed by atoms with Gasteiger partial charge in [-0.15, -0.1) is 0 Å². The molecule has 1 fully saturated rings. The highest BCUT2D eigenvalue weighted by Crippen LogP contribution is 2.39. The van der Waals surface area contributed by atoms with Crippen LogP contribution in [-0.4, -0.2) is 25.5 Å². The number of rotatable bonds is 6. The van der Waals surface area contributed by atoms with Gasteiger partial charge in [-0.05, 0) is 49.9 Å². The Bertz CT molecular complexity index is 808. The van der Waals surface area contributed by atoms with Gasteiger partial charge >= 0.3 is 5.97 Å². The van der Waals surface area contributed by atoms with Crippen molar-refractivity contribution < 1.29 is 22.7 Å². The van der Waals surface area contributed by atoms with Gasteiger partial charge in [0.25, 0.3) is 10.0 Å². The summed E-state index contributed by atoms with van der Waals surface area (Å²) in [5.74, 6) is -1.39. The normalized spacial score (nSPS) is 16.0. The molecule has 1 aromatic heterocycles. The minimum absolute atomic E-state index is 0.222. The van der Waals surface area contributed by atoms with Crippen LogP contribution in [0, 0.1) is 5.92 Å². The van der Waals surface area contributed by atoms with E-state index in [1.807, 2.05) is 13.0 Å². The molecule has 1 aromatic carbocycles. The van der Waals surface area contributed by atoms with E-state index < -0.39 is 21.8 Å². The highest BCUT2D eigenvalue weighted by molar-refractivity contribution is 7.92. The molecule has 1 unspecified atom stereocenters. The smallest absolute Gasteiger partial charge is 0.371 e. The van der Waals surface area contributed by atoms with Crippen LogP contribution in [0.2, 0.25) is 0 Å². The molecule has 0 amide bonds. The second-order valence-corrected chi connectivity index (χ2v) is 7.38. The number of anilines is 1. The molecule has 3 rings (SSSR count). The van der Waals surface area contributed by atoms with Gasteiger partial charge in [-0.25, -0.2) is 4.79 Å². The fourth-order valence-electron chi connectivity index (χ4n) is 2.61. The van der Waals surface area contributed by atoms with Crippen LogP contribution in [0.4, 0.5) is 5.69 Å². The van der Waals surface area contributed by atoms with Crippen LogP contribution in [0.15, 0.2) is 52.0 Å². The van der Waals surface area contributed by atoms with Gasteiger partial charge in [0.1, 0.15) is 0 Å². The van der Waals surface area contributed by atoms with Crippen molar-refractivity contribution in [1.82, 2.24) is 0 Å². The van der Waals surface area contributed by atoms with Crippen molar-refractivity contribution in [3.8, 4) is 0 Å². The SMILES string of the molecule is CC(C1CC1)N(c1ccccc1)S(=O)(=O)c1ccc(C(=O)O)o1. The van der Waals surface area contributed by atoms with E-state index in [2.05, 4.69) is 0 Å². The summed E-state index contributed by atoms with van der Waals surface area (Å²) < 4.78 is 32.3. The maximum absolute atomic E-state index is 13.0. The monoisotopic (exact) mass is 335 g/mol. The van der Waals surface area contributed by atoms with Crippen LogP contribution >= 0.6 is 0 Å². The number of para-hydroxylation sites is 1. The zero-order valence-electron chi connectivity index (χ0n) is 12.5. The Labute approximate surface area is 134 Å². The molecular weight excluding hydrogens is 318 g/mol. The summed E-state index contributed by atoms with van der Waals surface area (Å²) in [4.78, 5) is 10.9. The topological polar surface area (TPSA) is 87.8 Å². The Hall–Kier alpha value is -2.28. The van der Waals surface area contributed by atoms with Crippen LogP contribution in [0.3, 0.4) is 0 Å². The number of benzene rings is 1. The van der Waals surface area contributed by atoms with Crippen molar-refractivity contribution in [1.29, 1.82) is 0 Å². The summed E-state index contributed by atoms with van der Waals surface area (Å²) in [6.07, 6.45) is 1.97. The highest BCUT2D eigenvalue weighted by atomic mass is 32.2. The van der Waals surface area contributed by atoms with Gasteiger partial charge in [0.15, 0.2) is 0 Å². The number of carbonyl (C=O) groups is 1. The molecular formula is C16H17NO5S. The fourth-order valence-corrected chi connectivity index (χ4v) is 4.25. The van der Waals surface area contributed by atoms with Gasteiger partial charge in [-0.3, -0.25) is 4.31 Å². The van der Waals surface area contributed by atoms with Gasteiger partial charge in [-0.2, -0.15) is 8.42 Å². The molecule has 0 bridgehead atoms. The Morgan fingerprint density at radius 3 is 2.39 bits per heavy atom. The van der Waals surface area contributed by atoms with E-state index in [1.165, 1.54) is 10.4 Å². The van der Waals surface area contributed by atoms with Gasteiger partial charge in [-0.1, -0.05) is 18.2 Å². The van der Waals surface area contributed by atoms with Crippen LogP contribution < -0.4 is 4.31 Å². The third-order valence-corrected chi connectivity index (χ3v) is 5.78. The standard InChI is InChI=1S/C16H17NO5S/c1-11(12-7-8-12)17(13-5-3-2-4-6-13)23(20,21)15-10-9-14(22-15)16(18)19/h2-6,9-12H,7-8H2,1H3,(H,18,19). The molecule has 1 aliphatic rings. The van der Waals surface area contributed by atoms with Crippen molar-refractivity contribution >= 4 is 21.7 Å². The summed E-state index contributed by atoms with van der Waals surface area (Å²) in [6, 6.07) is 10.9. The third-order valence-electron chi connectivity index (χ3n) is 3.99. The molecule has 0 radical (unpaired) electrons. The molecule has 6 nitrogen and oxygen atoms in total. The first-order chi connectivity index (χ1) is 10.9. The van der Waals surface area contributed by atoms with E-state index in [9.17, 15) is 13.2 Å². The lowest BCUT2D eigenvalue weighted by Gasteiger charge is -2.29. The van der Waals surface area contributed by atoms with E-state index in [0.717, 1.165) is 18.9 Å². The van der Waals surface area contributed by atoms with E-state index in [1.54, 1.807) is 24.3 Å². The summed E-state index contributed by atoms with van der Waals surface area (Å²) in [7, 11) is -3.97. The minimum Gasteiger partial charge on any atom is -0.475 e. The number of carboxylic acid groups (broad SMARTS) is 1. The molecule has 1 heterocycles. The second kappa shape index (κ2) is 5.73. The predicted octanol–water partition coefficient (Wildman–Crippen LogP) is 2.97. The van der Waals surface area contributed by atoms with Gasteiger partial charge < -0.3 is 9.52 Å². The molecule has 0 aliphatic heterocycles. The maximum Gasteiger partial charge on any atom is 0.371 e. The number of sulfonamides is 1. The largest absolute Gasteiger partial charge is 0.475 e. The second-order valence-electron chi connectivity index (χ2n) is 5.64. The molecule has 0 spiro atoms. The Morgan fingerprint density at radius 2 is 1.87 bits per heavy atom. The minimum atomic E-state index is -3.97. The number of nitrogens with zero attached hydrogens (tertiary/aromatic N) is 1. The predicted molar refractivity (Wildman–Crippen MR) is 84.0 cm³/mol. The Morgan fingerprint density at radius 1 is 1.22 bits per heavy atom. The van der Waals surface area contributed by atoms with Gasteiger partial charge in [0.05, 0.1) is 5.69 Å². The van der Waals surface area contributed by atoms with Crippen molar-refractivity contribution in [3.63, 3.8) is 0 Å². The van der Waals surface area contributed by atoms with Crippen molar-refractivity contribution in [2.24, 2.45) is 5.92 Å². The molecule has 1 aliphatic carbocycles. The summed E-state index contributed by atoms with van der Waals surface area (Å²) in [5.41, 5.74) is 0.542. The first-order valence-electron chi connectivity index (χ1n) is 7.34. The quantitative estimate of drug-likeness (QED) is 0.877. The third kappa shape index (κ3) is 2.96. The van der Waals surface area contributed by atoms with Crippen LogP contribution in [0.5, 0.6) is 0 Å². The molecule has 122 valence electrons. The maximum atomic E-state index is 13.0. The number of hydrogen-bond acceptors (Lipinski definition) is 4. The van der Waals surface area contributed by atoms with Gasteiger partial charge in [0, 0.05) is 6.04 Å². The molecule has 23 heavy (non-hydrogen) atoms. The lowest BCUT2D eigenvalue weighted by molar-refractivity contribution is 0.0656.